The van der Waals surface area contributed by atoms with Gasteiger partial charge in [0.1, 0.15) is 6.10 Å². The molecule has 6 nitrogen and oxygen atoms in total. The highest BCUT2D eigenvalue weighted by molar-refractivity contribution is 5.79. The minimum Gasteiger partial charge on any atom is -0.486 e. The lowest BCUT2D eigenvalue weighted by atomic mass is 10.1. The molecule has 0 saturated carbocycles. The van der Waals surface area contributed by atoms with Crippen LogP contribution < -0.4 is 15.4 Å². The predicted octanol–water partition coefficient (Wildman–Crippen LogP) is 1.15. The van der Waals surface area contributed by atoms with Crippen LogP contribution in [0.5, 0.6) is 5.75 Å². The highest BCUT2D eigenvalue weighted by Crippen LogP contribution is 2.17. The molecule has 1 aromatic carbocycles. The number of hydrogen-bond donors (Lipinski definition) is 2. The van der Waals surface area contributed by atoms with Crippen LogP contribution in [-0.4, -0.2) is 80.3 Å². The quantitative estimate of drug-likeness (QED) is 0.562. The summed E-state index contributed by atoms with van der Waals surface area (Å²) in [5.41, 5.74) is 0. The number of fused-ring (bicyclic) bond motifs is 3. The smallest absolute Gasteiger partial charge is 0.191 e. The Kier molecular flexibility index (Phi) is 6.68. The topological polar surface area (TPSA) is 52.1 Å². The maximum absolute atomic E-state index is 13.7. The number of hydrogen-bond acceptors (Lipinski definition) is 4. The van der Waals surface area contributed by atoms with Crippen molar-refractivity contribution in [3.63, 3.8) is 0 Å². The minimum absolute atomic E-state index is 0.206. The van der Waals surface area contributed by atoms with Crippen LogP contribution >= 0.6 is 0 Å². The van der Waals surface area contributed by atoms with Gasteiger partial charge in [-0.2, -0.15) is 0 Å². The Morgan fingerprint density at radius 3 is 2.69 bits per heavy atom. The summed E-state index contributed by atoms with van der Waals surface area (Å²) < 4.78 is 19.3. The average Bonchev–Trinajstić information content (AvgIpc) is 2.67. The van der Waals surface area contributed by atoms with Gasteiger partial charge >= 0.3 is 0 Å². The van der Waals surface area contributed by atoms with E-state index in [1.165, 1.54) is 19.2 Å². The van der Waals surface area contributed by atoms with Crippen molar-refractivity contribution in [2.24, 2.45) is 4.99 Å². The average molecular weight is 363 g/mol. The Morgan fingerprint density at radius 2 is 2.04 bits per heavy atom. The molecular formula is C19H30FN5O. The first-order valence-corrected chi connectivity index (χ1v) is 9.55. The Hall–Kier alpha value is -1.86. The summed E-state index contributed by atoms with van der Waals surface area (Å²) in [5, 5.41) is 6.72. The van der Waals surface area contributed by atoms with Crippen LogP contribution in [0, 0.1) is 5.82 Å². The zero-order valence-electron chi connectivity index (χ0n) is 15.7. The third-order valence-electron chi connectivity index (χ3n) is 4.91. The van der Waals surface area contributed by atoms with E-state index < -0.39 is 0 Å². The Labute approximate surface area is 155 Å². The molecule has 1 aromatic rings. The number of nitrogens with zero attached hydrogens (tertiary/aromatic N) is 3. The number of ether oxygens (including phenoxy) is 1. The summed E-state index contributed by atoms with van der Waals surface area (Å²) in [6.07, 6.45) is -0.206. The number of guanidine groups is 1. The molecule has 26 heavy (non-hydrogen) atoms. The van der Waals surface area contributed by atoms with Crippen LogP contribution in [0.2, 0.25) is 0 Å². The molecule has 3 aliphatic heterocycles. The van der Waals surface area contributed by atoms with Gasteiger partial charge in [0.2, 0.25) is 0 Å². The van der Waals surface area contributed by atoms with Crippen LogP contribution in [0.25, 0.3) is 0 Å². The van der Waals surface area contributed by atoms with Crippen molar-refractivity contribution in [3.05, 3.63) is 30.1 Å². The fraction of sp³-hybridized carbons (Fsp3) is 0.632. The lowest BCUT2D eigenvalue weighted by Gasteiger charge is -2.47. The molecule has 0 radical (unpaired) electrons. The van der Waals surface area contributed by atoms with E-state index in [0.29, 0.717) is 12.6 Å². The van der Waals surface area contributed by atoms with Gasteiger partial charge in [-0.1, -0.05) is 12.1 Å². The van der Waals surface area contributed by atoms with E-state index in [9.17, 15) is 4.39 Å². The number of para-hydroxylation sites is 1. The van der Waals surface area contributed by atoms with Gasteiger partial charge in [0.05, 0.1) is 6.54 Å². The van der Waals surface area contributed by atoms with Crippen molar-refractivity contribution in [3.8, 4) is 5.75 Å². The lowest BCUT2D eigenvalue weighted by molar-refractivity contribution is 0.0154. The molecule has 2 N–H and O–H groups in total. The van der Waals surface area contributed by atoms with E-state index in [4.69, 9.17) is 4.74 Å². The molecule has 144 valence electrons. The maximum atomic E-state index is 13.7. The third kappa shape index (κ3) is 5.08. The maximum Gasteiger partial charge on any atom is 0.191 e. The Balaban J connectivity index is 1.49. The van der Waals surface area contributed by atoms with Crippen molar-refractivity contribution in [2.45, 2.75) is 26.0 Å². The number of nitrogens with one attached hydrogen (secondary N) is 2. The molecule has 2 bridgehead atoms. The van der Waals surface area contributed by atoms with Crippen LogP contribution in [0.3, 0.4) is 0 Å². The monoisotopic (exact) mass is 363 g/mol. The molecule has 3 fully saturated rings. The van der Waals surface area contributed by atoms with Crippen LogP contribution in [-0.2, 0) is 0 Å². The molecular weight excluding hydrogens is 333 g/mol. The van der Waals surface area contributed by atoms with E-state index in [-0.39, 0.29) is 17.7 Å². The second-order valence-corrected chi connectivity index (χ2v) is 6.95. The standard InChI is InChI=1S/C19H30FN5O/c1-3-21-19(23-13-16-14-24-8-10-25(16)11-9-24)22-12-15(2)26-18-7-5-4-6-17(18)20/h4-7,15-16H,3,8-14H2,1-2H3,(H2,21,22,23). The molecule has 2 atom stereocenters. The van der Waals surface area contributed by atoms with Crippen molar-refractivity contribution in [1.82, 2.24) is 20.4 Å². The van der Waals surface area contributed by atoms with E-state index in [1.54, 1.807) is 18.2 Å². The molecule has 0 amide bonds. The van der Waals surface area contributed by atoms with Crippen molar-refractivity contribution >= 4 is 5.96 Å². The second-order valence-electron chi connectivity index (χ2n) is 6.95. The van der Waals surface area contributed by atoms with Gasteiger partial charge in [-0.25, -0.2) is 9.38 Å². The van der Waals surface area contributed by atoms with Crippen LogP contribution in [0.4, 0.5) is 4.39 Å². The first kappa shape index (κ1) is 18.9. The molecule has 3 heterocycles. The SMILES string of the molecule is CCNC(=NCC(C)Oc1ccccc1F)NCC1CN2CCN1CC2. The molecule has 0 aromatic heterocycles. The van der Waals surface area contributed by atoms with Gasteiger partial charge in [-0.15, -0.1) is 0 Å². The highest BCUT2D eigenvalue weighted by atomic mass is 19.1. The number of aliphatic imine (C=N–C) groups is 1. The molecule has 7 heteroatoms. The minimum atomic E-state index is -0.343. The summed E-state index contributed by atoms with van der Waals surface area (Å²) in [6.45, 7) is 11.9. The number of piperazine rings is 3. The summed E-state index contributed by atoms with van der Waals surface area (Å²) in [6, 6.07) is 7.00. The largest absolute Gasteiger partial charge is 0.486 e. The van der Waals surface area contributed by atoms with Gasteiger partial charge < -0.3 is 15.4 Å². The number of rotatable bonds is 7. The van der Waals surface area contributed by atoms with Crippen molar-refractivity contribution in [2.75, 3.05) is 52.4 Å². The summed E-state index contributed by atoms with van der Waals surface area (Å²) in [7, 11) is 0. The molecule has 3 aliphatic rings. The van der Waals surface area contributed by atoms with Gasteiger partial charge in [0, 0.05) is 51.9 Å². The molecule has 0 spiro atoms. The molecule has 3 saturated heterocycles. The molecule has 2 unspecified atom stereocenters. The van der Waals surface area contributed by atoms with Gasteiger partial charge in [-0.05, 0) is 26.0 Å². The second kappa shape index (κ2) is 9.19. The fourth-order valence-corrected chi connectivity index (χ4v) is 3.49. The predicted molar refractivity (Wildman–Crippen MR) is 102 cm³/mol. The first-order valence-electron chi connectivity index (χ1n) is 9.55. The van der Waals surface area contributed by atoms with Crippen LogP contribution in [0.1, 0.15) is 13.8 Å². The van der Waals surface area contributed by atoms with Crippen molar-refractivity contribution < 1.29 is 9.13 Å². The third-order valence-corrected chi connectivity index (χ3v) is 4.91. The molecule has 0 aliphatic carbocycles. The fourth-order valence-electron chi connectivity index (χ4n) is 3.49. The van der Waals surface area contributed by atoms with E-state index in [0.717, 1.165) is 38.7 Å². The van der Waals surface area contributed by atoms with E-state index in [1.807, 2.05) is 13.8 Å². The Bertz CT molecular complexity index is 603. The summed E-state index contributed by atoms with van der Waals surface area (Å²) in [4.78, 5) is 9.69. The van der Waals surface area contributed by atoms with E-state index >= 15 is 0 Å². The highest BCUT2D eigenvalue weighted by Gasteiger charge is 2.31. The Morgan fingerprint density at radius 1 is 1.27 bits per heavy atom. The lowest BCUT2D eigenvalue weighted by Crippen LogP contribution is -2.63. The zero-order valence-corrected chi connectivity index (χ0v) is 15.7. The van der Waals surface area contributed by atoms with Crippen LogP contribution in [0.15, 0.2) is 29.3 Å². The van der Waals surface area contributed by atoms with Gasteiger partial charge in [0.25, 0.3) is 0 Å². The summed E-state index contributed by atoms with van der Waals surface area (Å²) >= 11 is 0. The summed E-state index contributed by atoms with van der Waals surface area (Å²) in [5.74, 6) is 0.715. The van der Waals surface area contributed by atoms with E-state index in [2.05, 4.69) is 25.4 Å². The van der Waals surface area contributed by atoms with Gasteiger partial charge in [0.15, 0.2) is 17.5 Å². The zero-order chi connectivity index (χ0) is 18.4. The number of halogens is 1. The normalized spacial score (nSPS) is 26.4. The number of benzene rings is 1. The first-order chi connectivity index (χ1) is 12.7. The van der Waals surface area contributed by atoms with Crippen molar-refractivity contribution in [1.29, 1.82) is 0 Å². The van der Waals surface area contributed by atoms with Gasteiger partial charge in [-0.3, -0.25) is 9.80 Å². The molecule has 4 rings (SSSR count).